The molecular formula is C28H29ClN6O5. The molecule has 2 amide bonds. The summed E-state index contributed by atoms with van der Waals surface area (Å²) in [6.45, 7) is 7.00. The van der Waals surface area contributed by atoms with Crippen LogP contribution in [0.1, 0.15) is 12.8 Å². The number of cyclic esters (lactones) is 1. The molecular weight excluding hydrogens is 536 g/mol. The van der Waals surface area contributed by atoms with Gasteiger partial charge in [0.2, 0.25) is 5.91 Å². The van der Waals surface area contributed by atoms with Gasteiger partial charge in [-0.3, -0.25) is 19.3 Å². The molecule has 1 atom stereocenters. The van der Waals surface area contributed by atoms with Crippen LogP contribution >= 0.6 is 11.6 Å². The summed E-state index contributed by atoms with van der Waals surface area (Å²) < 4.78 is 11.2. The van der Waals surface area contributed by atoms with Crippen molar-refractivity contribution in [2.75, 3.05) is 50.0 Å². The summed E-state index contributed by atoms with van der Waals surface area (Å²) in [5.74, 6) is 0.206. The molecule has 5 rings (SSSR count). The van der Waals surface area contributed by atoms with Crippen molar-refractivity contribution < 1.29 is 23.9 Å². The van der Waals surface area contributed by atoms with E-state index >= 15 is 0 Å². The first kappa shape index (κ1) is 27.4. The molecule has 0 aliphatic carbocycles. The van der Waals surface area contributed by atoms with E-state index < -0.39 is 6.10 Å². The van der Waals surface area contributed by atoms with Crippen molar-refractivity contribution >= 4 is 57.5 Å². The maximum absolute atomic E-state index is 12.6. The van der Waals surface area contributed by atoms with Crippen molar-refractivity contribution in [3.05, 3.63) is 60.4 Å². The van der Waals surface area contributed by atoms with Gasteiger partial charge in [-0.2, -0.15) is 0 Å². The zero-order chi connectivity index (χ0) is 28.1. The molecule has 2 aliphatic heterocycles. The molecule has 2 N–H and O–H groups in total. The van der Waals surface area contributed by atoms with Crippen molar-refractivity contribution in [3.63, 3.8) is 0 Å². The topological polar surface area (TPSA) is 126 Å². The van der Waals surface area contributed by atoms with Crippen LogP contribution in [0.25, 0.3) is 10.9 Å². The zero-order valence-corrected chi connectivity index (χ0v) is 22.5. The number of fused-ring (bicyclic) bond motifs is 1. The molecule has 1 aromatic heterocycles. The van der Waals surface area contributed by atoms with E-state index in [4.69, 9.17) is 21.1 Å². The number of ether oxygens (including phenoxy) is 2. The number of rotatable bonds is 9. The number of halogens is 1. The molecule has 208 valence electrons. The molecule has 2 aromatic carbocycles. The lowest BCUT2D eigenvalue weighted by Gasteiger charge is -2.35. The van der Waals surface area contributed by atoms with E-state index in [0.717, 1.165) is 5.69 Å². The van der Waals surface area contributed by atoms with Crippen LogP contribution in [-0.4, -0.2) is 83.0 Å². The molecule has 12 heteroatoms. The molecule has 11 nitrogen and oxygen atoms in total. The van der Waals surface area contributed by atoms with E-state index in [1.165, 1.54) is 12.4 Å². The third kappa shape index (κ3) is 6.49. The number of piperazine rings is 1. The monoisotopic (exact) mass is 564 g/mol. The highest BCUT2D eigenvalue weighted by Gasteiger charge is 2.34. The van der Waals surface area contributed by atoms with Crippen LogP contribution in [0.15, 0.2) is 55.4 Å². The quantitative estimate of drug-likeness (QED) is 0.297. The fourth-order valence-electron chi connectivity index (χ4n) is 4.67. The molecule has 0 bridgehead atoms. The van der Waals surface area contributed by atoms with E-state index in [1.807, 2.05) is 12.1 Å². The highest BCUT2D eigenvalue weighted by molar-refractivity contribution is 6.30. The number of carbonyl (C=O) groups is 3. The third-order valence-electron chi connectivity index (χ3n) is 6.78. The predicted octanol–water partition coefficient (Wildman–Crippen LogP) is 3.38. The van der Waals surface area contributed by atoms with E-state index in [2.05, 4.69) is 32.1 Å². The van der Waals surface area contributed by atoms with Crippen molar-refractivity contribution in [1.82, 2.24) is 19.8 Å². The van der Waals surface area contributed by atoms with Crippen LogP contribution in [-0.2, 0) is 19.1 Å². The number of hydrogen-bond acceptors (Lipinski definition) is 9. The molecule has 0 spiro atoms. The molecule has 3 heterocycles. The van der Waals surface area contributed by atoms with Gasteiger partial charge in [0.15, 0.2) is 6.10 Å². The number of nitrogens with one attached hydrogen (secondary N) is 2. The van der Waals surface area contributed by atoms with Gasteiger partial charge in [-0.1, -0.05) is 24.2 Å². The summed E-state index contributed by atoms with van der Waals surface area (Å²) >= 11 is 6.12. The fourth-order valence-corrected chi connectivity index (χ4v) is 4.86. The molecule has 2 saturated heterocycles. The molecule has 2 aliphatic rings. The van der Waals surface area contributed by atoms with Gasteiger partial charge >= 0.3 is 5.97 Å². The van der Waals surface area contributed by atoms with Crippen LogP contribution in [0, 0.1) is 0 Å². The van der Waals surface area contributed by atoms with Crippen LogP contribution in [0.5, 0.6) is 5.75 Å². The smallest absolute Gasteiger partial charge is 0.306 e. The Morgan fingerprint density at radius 1 is 1.18 bits per heavy atom. The normalized spacial score (nSPS) is 17.4. The van der Waals surface area contributed by atoms with Crippen LogP contribution in [0.2, 0.25) is 5.02 Å². The minimum atomic E-state index is -0.649. The van der Waals surface area contributed by atoms with Crippen LogP contribution in [0.4, 0.5) is 17.2 Å². The average Bonchev–Trinajstić information content (AvgIpc) is 3.39. The largest absolute Gasteiger partial charge is 0.490 e. The fraction of sp³-hybridized carbons (Fsp3) is 0.321. The van der Waals surface area contributed by atoms with E-state index in [1.54, 1.807) is 29.2 Å². The van der Waals surface area contributed by atoms with Gasteiger partial charge in [0.05, 0.1) is 11.2 Å². The Hall–Kier alpha value is -4.22. The van der Waals surface area contributed by atoms with Gasteiger partial charge in [-0.05, 0) is 30.3 Å². The molecule has 0 saturated carbocycles. The third-order valence-corrected chi connectivity index (χ3v) is 7.01. The van der Waals surface area contributed by atoms with Crippen LogP contribution < -0.4 is 15.4 Å². The first-order valence-corrected chi connectivity index (χ1v) is 13.4. The lowest BCUT2D eigenvalue weighted by molar-refractivity contribution is -0.153. The number of anilines is 3. The second-order valence-corrected chi connectivity index (χ2v) is 9.89. The molecule has 3 aromatic rings. The number of benzene rings is 2. The minimum Gasteiger partial charge on any atom is -0.490 e. The molecule has 40 heavy (non-hydrogen) atoms. The highest BCUT2D eigenvalue weighted by atomic mass is 35.5. The average molecular weight is 565 g/mol. The molecule has 1 unspecified atom stereocenters. The molecule has 2 fully saturated rings. The summed E-state index contributed by atoms with van der Waals surface area (Å²) in [6, 6.07) is 10.8. The van der Waals surface area contributed by atoms with Gasteiger partial charge in [-0.15, -0.1) is 0 Å². The Morgan fingerprint density at radius 2 is 2.00 bits per heavy atom. The van der Waals surface area contributed by atoms with Crippen molar-refractivity contribution in [2.24, 2.45) is 0 Å². The second kappa shape index (κ2) is 12.3. The summed E-state index contributed by atoms with van der Waals surface area (Å²) in [5, 5.41) is 7.33. The van der Waals surface area contributed by atoms with Gasteiger partial charge in [0.25, 0.3) is 5.91 Å². The minimum absolute atomic E-state index is 0.119. The van der Waals surface area contributed by atoms with E-state index in [0.29, 0.717) is 85.4 Å². The van der Waals surface area contributed by atoms with Gasteiger partial charge in [0, 0.05) is 67.7 Å². The standard InChI is InChI=1S/C28H29ClN6O5/c1-2-25(36)33-22-15-20-21(30-17-31-27(20)32-19-5-3-4-18(29)14-19)16-24(22)39-13-12-34-8-10-35(11-9-34)28(38)23-6-7-26(37)40-23/h2-5,14-17,23H,1,6-13H2,(H,33,36)(H,30,31,32). The second-order valence-electron chi connectivity index (χ2n) is 9.45. The van der Waals surface area contributed by atoms with Crippen molar-refractivity contribution in [2.45, 2.75) is 18.9 Å². The number of aromatic nitrogens is 2. The van der Waals surface area contributed by atoms with Crippen molar-refractivity contribution in [3.8, 4) is 5.75 Å². The van der Waals surface area contributed by atoms with Gasteiger partial charge in [0.1, 0.15) is 24.5 Å². The SMILES string of the molecule is C=CC(=O)Nc1cc2c(Nc3cccc(Cl)c3)ncnc2cc1OCCN1CCN(C(=O)C2CCC(=O)O2)CC1. The Balaban J connectivity index is 1.24. The number of nitrogens with zero attached hydrogens (tertiary/aromatic N) is 4. The number of amides is 2. The summed E-state index contributed by atoms with van der Waals surface area (Å²) in [4.78, 5) is 48.8. The number of carbonyl (C=O) groups excluding carboxylic acids is 3. The maximum Gasteiger partial charge on any atom is 0.306 e. The summed E-state index contributed by atoms with van der Waals surface area (Å²) in [7, 11) is 0. The predicted molar refractivity (Wildman–Crippen MR) is 151 cm³/mol. The Bertz CT molecular complexity index is 1440. The van der Waals surface area contributed by atoms with E-state index in [9.17, 15) is 14.4 Å². The lowest BCUT2D eigenvalue weighted by atomic mass is 10.1. The Labute approximate surface area is 236 Å². The van der Waals surface area contributed by atoms with E-state index in [-0.39, 0.29) is 17.8 Å². The number of esters is 1. The maximum atomic E-state index is 12.6. The molecule has 0 radical (unpaired) electrons. The highest BCUT2D eigenvalue weighted by Crippen LogP contribution is 2.33. The van der Waals surface area contributed by atoms with Crippen LogP contribution in [0.3, 0.4) is 0 Å². The number of hydrogen-bond donors (Lipinski definition) is 2. The summed E-state index contributed by atoms with van der Waals surface area (Å²) in [5.41, 5.74) is 1.85. The van der Waals surface area contributed by atoms with Gasteiger partial charge < -0.3 is 25.0 Å². The lowest BCUT2D eigenvalue weighted by Crippen LogP contribution is -2.52. The Morgan fingerprint density at radius 3 is 2.73 bits per heavy atom. The first-order chi connectivity index (χ1) is 19.4. The first-order valence-electron chi connectivity index (χ1n) is 13.0. The zero-order valence-electron chi connectivity index (χ0n) is 21.8. The summed E-state index contributed by atoms with van der Waals surface area (Å²) in [6.07, 6.45) is 2.74. The van der Waals surface area contributed by atoms with Crippen molar-refractivity contribution in [1.29, 1.82) is 0 Å². The Kier molecular flexibility index (Phi) is 8.42. The van der Waals surface area contributed by atoms with Gasteiger partial charge in [-0.25, -0.2) is 9.97 Å².